The molecule has 0 saturated heterocycles. The van der Waals surface area contributed by atoms with Gasteiger partial charge in [-0.3, -0.25) is 4.79 Å². The first-order chi connectivity index (χ1) is 6.43. The van der Waals surface area contributed by atoms with E-state index >= 15 is 0 Å². The van der Waals surface area contributed by atoms with Gasteiger partial charge in [-0.1, -0.05) is 12.8 Å². The maximum absolute atomic E-state index is 10.8. The van der Waals surface area contributed by atoms with Crippen LogP contribution in [0.25, 0.3) is 0 Å². The minimum absolute atomic E-state index is 0.360. The minimum Gasteiger partial charge on any atom is -0.480 e. The molecule has 0 spiro atoms. The molecule has 1 aliphatic carbocycles. The van der Waals surface area contributed by atoms with Crippen molar-refractivity contribution in [1.82, 2.24) is 0 Å². The summed E-state index contributed by atoms with van der Waals surface area (Å²) in [5.41, 5.74) is 5.65. The topological polar surface area (TPSA) is 63.3 Å². The zero-order valence-electron chi connectivity index (χ0n) is 8.82. The van der Waals surface area contributed by atoms with Crippen LogP contribution in [0.5, 0.6) is 0 Å². The zero-order valence-corrected chi connectivity index (χ0v) is 9.64. The quantitative estimate of drug-likeness (QED) is 0.754. The average Bonchev–Trinajstić information content (AvgIpc) is 2.54. The van der Waals surface area contributed by atoms with E-state index in [1.165, 1.54) is 25.7 Å². The summed E-state index contributed by atoms with van der Waals surface area (Å²) in [7, 11) is 0. The molecule has 1 saturated carbocycles. The van der Waals surface area contributed by atoms with Crippen molar-refractivity contribution in [3.8, 4) is 0 Å². The third kappa shape index (κ3) is 2.89. The van der Waals surface area contributed by atoms with Crippen LogP contribution in [0.15, 0.2) is 0 Å². The van der Waals surface area contributed by atoms with Gasteiger partial charge < -0.3 is 10.8 Å². The molecule has 0 bridgehead atoms. The van der Waals surface area contributed by atoms with Crippen LogP contribution in [0.3, 0.4) is 0 Å². The lowest BCUT2D eigenvalue weighted by molar-refractivity contribution is -0.139. The van der Waals surface area contributed by atoms with Gasteiger partial charge in [-0.25, -0.2) is 0 Å². The number of aliphatic carboxylic acids is 1. The van der Waals surface area contributed by atoms with Crippen LogP contribution in [0.2, 0.25) is 0 Å². The van der Waals surface area contributed by atoms with Gasteiger partial charge in [0.15, 0.2) is 0 Å². The third-order valence-electron chi connectivity index (χ3n) is 2.79. The number of carbonyl (C=O) groups is 1. The summed E-state index contributed by atoms with van der Waals surface area (Å²) in [5, 5.41) is 9.46. The van der Waals surface area contributed by atoms with Gasteiger partial charge in [-0.2, -0.15) is 11.8 Å². The minimum atomic E-state index is -0.902. The lowest BCUT2D eigenvalue weighted by Crippen LogP contribution is -2.47. The van der Waals surface area contributed by atoms with E-state index in [4.69, 9.17) is 10.8 Å². The van der Waals surface area contributed by atoms with Crippen molar-refractivity contribution in [3.63, 3.8) is 0 Å². The Labute approximate surface area is 89.4 Å². The average molecular weight is 217 g/mol. The van der Waals surface area contributed by atoms with E-state index in [-0.39, 0.29) is 4.75 Å². The first-order valence-electron chi connectivity index (χ1n) is 5.09. The second-order valence-corrected chi connectivity index (χ2v) is 6.40. The van der Waals surface area contributed by atoms with E-state index in [1.54, 1.807) is 11.8 Å². The molecule has 0 aliphatic heterocycles. The summed E-state index contributed by atoms with van der Waals surface area (Å²) in [4.78, 5) is 10.8. The number of carboxylic acid groups (broad SMARTS) is 1. The molecule has 1 fully saturated rings. The molecule has 1 atom stereocenters. The van der Waals surface area contributed by atoms with Crippen molar-refractivity contribution in [2.75, 3.05) is 0 Å². The van der Waals surface area contributed by atoms with Crippen molar-refractivity contribution < 1.29 is 9.90 Å². The lowest BCUT2D eigenvalue weighted by Gasteiger charge is -2.30. The molecule has 3 N–H and O–H groups in total. The Kier molecular flexibility index (Phi) is 3.84. The van der Waals surface area contributed by atoms with Gasteiger partial charge in [0.1, 0.15) is 6.04 Å². The van der Waals surface area contributed by atoms with Crippen molar-refractivity contribution in [1.29, 1.82) is 0 Å². The van der Waals surface area contributed by atoms with Crippen molar-refractivity contribution in [2.45, 2.75) is 55.6 Å². The molecule has 0 radical (unpaired) electrons. The molecule has 0 aromatic carbocycles. The third-order valence-corrected chi connectivity index (χ3v) is 4.45. The predicted octanol–water partition coefficient (Wildman–Crippen LogP) is 1.85. The molecule has 1 aliphatic rings. The fraction of sp³-hybridized carbons (Fsp3) is 0.900. The fourth-order valence-corrected chi connectivity index (χ4v) is 3.48. The Balaban J connectivity index is 2.51. The van der Waals surface area contributed by atoms with Gasteiger partial charge in [-0.05, 0) is 26.7 Å². The Morgan fingerprint density at radius 1 is 1.50 bits per heavy atom. The Bertz CT molecular complexity index is 212. The van der Waals surface area contributed by atoms with Crippen LogP contribution < -0.4 is 5.73 Å². The van der Waals surface area contributed by atoms with Gasteiger partial charge >= 0.3 is 5.97 Å². The Morgan fingerprint density at radius 3 is 2.43 bits per heavy atom. The van der Waals surface area contributed by atoms with E-state index in [0.717, 1.165) is 0 Å². The van der Waals surface area contributed by atoms with Crippen LogP contribution in [-0.4, -0.2) is 27.1 Å². The molecule has 0 heterocycles. The number of hydrogen-bond donors (Lipinski definition) is 2. The van der Waals surface area contributed by atoms with Crippen LogP contribution in [0.4, 0.5) is 0 Å². The Morgan fingerprint density at radius 2 is 2.00 bits per heavy atom. The van der Waals surface area contributed by atoms with E-state index in [1.807, 2.05) is 13.8 Å². The molecule has 3 nitrogen and oxygen atoms in total. The highest BCUT2D eigenvalue weighted by atomic mass is 32.2. The zero-order chi connectivity index (χ0) is 10.8. The van der Waals surface area contributed by atoms with E-state index in [0.29, 0.717) is 5.25 Å². The summed E-state index contributed by atoms with van der Waals surface area (Å²) >= 11 is 1.74. The van der Waals surface area contributed by atoms with Gasteiger partial charge in [0.05, 0.1) is 0 Å². The van der Waals surface area contributed by atoms with E-state index in [9.17, 15) is 4.79 Å². The standard InChI is InChI=1S/C10H19NO2S/c1-10(2,8(11)9(12)13)14-7-5-3-4-6-7/h7-8H,3-6,11H2,1-2H3,(H,12,13)/t8-/m0/s1. The van der Waals surface area contributed by atoms with Gasteiger partial charge in [-0.15, -0.1) is 0 Å². The summed E-state index contributed by atoms with van der Waals surface area (Å²) in [6.07, 6.45) is 4.97. The van der Waals surface area contributed by atoms with Gasteiger partial charge in [0.2, 0.25) is 0 Å². The molecule has 0 aromatic rings. The smallest absolute Gasteiger partial charge is 0.321 e. The molecule has 14 heavy (non-hydrogen) atoms. The molecular formula is C10H19NO2S. The van der Waals surface area contributed by atoms with Crippen molar-refractivity contribution in [3.05, 3.63) is 0 Å². The molecule has 4 heteroatoms. The van der Waals surface area contributed by atoms with E-state index in [2.05, 4.69) is 0 Å². The van der Waals surface area contributed by atoms with Crippen molar-refractivity contribution in [2.24, 2.45) is 5.73 Å². The first-order valence-corrected chi connectivity index (χ1v) is 5.97. The van der Waals surface area contributed by atoms with Crippen LogP contribution in [0, 0.1) is 0 Å². The molecule has 82 valence electrons. The molecule has 0 amide bonds. The number of carboxylic acids is 1. The van der Waals surface area contributed by atoms with Gasteiger partial charge in [0.25, 0.3) is 0 Å². The number of rotatable bonds is 4. The number of thioether (sulfide) groups is 1. The molecule has 1 rings (SSSR count). The van der Waals surface area contributed by atoms with Gasteiger partial charge in [0, 0.05) is 10.00 Å². The molecule has 0 aromatic heterocycles. The highest BCUT2D eigenvalue weighted by Gasteiger charge is 2.35. The lowest BCUT2D eigenvalue weighted by atomic mass is 10.1. The van der Waals surface area contributed by atoms with Crippen LogP contribution >= 0.6 is 11.8 Å². The normalized spacial score (nSPS) is 21.1. The second kappa shape index (κ2) is 4.53. The fourth-order valence-electron chi connectivity index (χ4n) is 1.81. The summed E-state index contributed by atoms with van der Waals surface area (Å²) in [6, 6.07) is -0.770. The number of hydrogen-bond acceptors (Lipinski definition) is 3. The first kappa shape index (κ1) is 11.9. The maximum atomic E-state index is 10.8. The predicted molar refractivity (Wildman–Crippen MR) is 59.5 cm³/mol. The van der Waals surface area contributed by atoms with Crippen molar-refractivity contribution >= 4 is 17.7 Å². The largest absolute Gasteiger partial charge is 0.480 e. The van der Waals surface area contributed by atoms with Crippen LogP contribution in [-0.2, 0) is 4.79 Å². The van der Waals surface area contributed by atoms with Crippen LogP contribution in [0.1, 0.15) is 39.5 Å². The summed E-state index contributed by atoms with van der Waals surface area (Å²) in [5.74, 6) is -0.902. The monoisotopic (exact) mass is 217 g/mol. The maximum Gasteiger partial charge on any atom is 0.321 e. The highest BCUT2D eigenvalue weighted by molar-refractivity contribution is 8.01. The molecular weight excluding hydrogens is 198 g/mol. The Hall–Kier alpha value is -0.220. The highest BCUT2D eigenvalue weighted by Crippen LogP contribution is 2.39. The summed E-state index contributed by atoms with van der Waals surface area (Å²) < 4.78 is -0.360. The number of nitrogens with two attached hydrogens (primary N) is 1. The summed E-state index contributed by atoms with van der Waals surface area (Å²) in [6.45, 7) is 3.85. The SMILES string of the molecule is CC(C)(SC1CCCC1)[C@@H](N)C(=O)O. The second-order valence-electron chi connectivity index (χ2n) is 4.44. The molecule has 0 unspecified atom stereocenters. The van der Waals surface area contributed by atoms with E-state index < -0.39 is 12.0 Å².